The summed E-state index contributed by atoms with van der Waals surface area (Å²) in [7, 11) is 0. The van der Waals surface area contributed by atoms with E-state index in [0.717, 1.165) is 48.1 Å². The molecule has 0 radical (unpaired) electrons. The average Bonchev–Trinajstić information content (AvgIpc) is 2.54. The van der Waals surface area contributed by atoms with Crippen LogP contribution in [0.15, 0.2) is 23.0 Å². The number of nitrogens with zero attached hydrogens (tertiary/aromatic N) is 2. The van der Waals surface area contributed by atoms with E-state index in [9.17, 15) is 4.79 Å². The Morgan fingerprint density at radius 2 is 2.06 bits per heavy atom. The predicted octanol–water partition coefficient (Wildman–Crippen LogP) is 2.85. The van der Waals surface area contributed by atoms with Crippen LogP contribution in [0.1, 0.15) is 30.7 Å². The van der Waals surface area contributed by atoms with E-state index in [-0.39, 0.29) is 18.0 Å². The summed E-state index contributed by atoms with van der Waals surface area (Å²) >= 11 is 0. The molecule has 1 aromatic heterocycles. The van der Waals surface area contributed by atoms with Crippen LogP contribution in [-0.4, -0.2) is 9.55 Å². The van der Waals surface area contributed by atoms with Gasteiger partial charge in [0, 0.05) is 13.0 Å². The number of halogens is 1. The monoisotopic (exact) mass is 264 g/mol. The van der Waals surface area contributed by atoms with Gasteiger partial charge in [-0.2, -0.15) is 0 Å². The summed E-state index contributed by atoms with van der Waals surface area (Å²) in [4.78, 5) is 17.0. The molecule has 0 saturated heterocycles. The lowest BCUT2D eigenvalue weighted by Gasteiger charge is -2.10. The third kappa shape index (κ3) is 2.15. The van der Waals surface area contributed by atoms with Crippen molar-refractivity contribution in [3.8, 4) is 0 Å². The fourth-order valence-corrected chi connectivity index (χ4v) is 2.53. The highest BCUT2D eigenvalue weighted by Crippen LogP contribution is 2.15. The molecule has 1 aliphatic heterocycles. The number of aryl methyl sites for hydroxylation is 2. The molecule has 0 unspecified atom stereocenters. The fourth-order valence-electron chi connectivity index (χ4n) is 2.53. The second-order valence-electron chi connectivity index (χ2n) is 4.82. The molecule has 0 atom stereocenters. The molecule has 0 bridgehead atoms. The van der Waals surface area contributed by atoms with Crippen LogP contribution in [-0.2, 0) is 13.0 Å². The lowest BCUT2D eigenvalue weighted by molar-refractivity contribution is 0.614. The minimum atomic E-state index is 0. The van der Waals surface area contributed by atoms with Crippen molar-refractivity contribution in [3.63, 3.8) is 0 Å². The van der Waals surface area contributed by atoms with Crippen molar-refractivity contribution in [1.82, 2.24) is 9.55 Å². The van der Waals surface area contributed by atoms with Crippen molar-refractivity contribution in [2.75, 3.05) is 0 Å². The largest absolute Gasteiger partial charge is 0.296 e. The van der Waals surface area contributed by atoms with Gasteiger partial charge in [-0.25, -0.2) is 4.98 Å². The van der Waals surface area contributed by atoms with E-state index in [1.807, 2.05) is 29.7 Å². The van der Waals surface area contributed by atoms with Crippen LogP contribution >= 0.6 is 12.4 Å². The molecule has 0 saturated carbocycles. The van der Waals surface area contributed by atoms with Crippen molar-refractivity contribution in [2.45, 2.75) is 39.2 Å². The Morgan fingerprint density at radius 3 is 2.89 bits per heavy atom. The highest BCUT2D eigenvalue weighted by molar-refractivity contribution is 5.85. The molecule has 2 aromatic rings. The summed E-state index contributed by atoms with van der Waals surface area (Å²) in [5.74, 6) is 0.964. The molecule has 3 rings (SSSR count). The molecule has 4 heteroatoms. The number of aromatic nitrogens is 2. The van der Waals surface area contributed by atoms with E-state index >= 15 is 0 Å². The Morgan fingerprint density at radius 1 is 1.22 bits per heavy atom. The minimum Gasteiger partial charge on any atom is -0.296 e. The maximum absolute atomic E-state index is 12.4. The van der Waals surface area contributed by atoms with Gasteiger partial charge in [-0.15, -0.1) is 12.4 Å². The van der Waals surface area contributed by atoms with E-state index in [0.29, 0.717) is 0 Å². The lowest BCUT2D eigenvalue weighted by atomic mass is 10.1. The van der Waals surface area contributed by atoms with Crippen LogP contribution in [0.4, 0.5) is 0 Å². The topological polar surface area (TPSA) is 34.9 Å². The van der Waals surface area contributed by atoms with Crippen molar-refractivity contribution >= 4 is 23.3 Å². The molecular formula is C14H17ClN2O. The summed E-state index contributed by atoms with van der Waals surface area (Å²) in [6.07, 6.45) is 4.35. The Labute approximate surface area is 112 Å². The quantitative estimate of drug-likeness (QED) is 0.733. The third-order valence-corrected chi connectivity index (χ3v) is 3.47. The molecule has 3 nitrogen and oxygen atoms in total. The van der Waals surface area contributed by atoms with Crippen LogP contribution in [0.5, 0.6) is 0 Å². The molecule has 0 N–H and O–H groups in total. The number of hydrogen-bond acceptors (Lipinski definition) is 2. The van der Waals surface area contributed by atoms with Crippen molar-refractivity contribution in [2.24, 2.45) is 0 Å². The molecule has 0 aliphatic carbocycles. The van der Waals surface area contributed by atoms with E-state index in [4.69, 9.17) is 0 Å². The minimum absolute atomic E-state index is 0. The summed E-state index contributed by atoms with van der Waals surface area (Å²) in [6.45, 7) is 2.86. The molecule has 18 heavy (non-hydrogen) atoms. The predicted molar refractivity (Wildman–Crippen MR) is 75.5 cm³/mol. The molecule has 0 fully saturated rings. The normalized spacial score (nSPS) is 14.7. The third-order valence-electron chi connectivity index (χ3n) is 3.47. The van der Waals surface area contributed by atoms with Crippen LogP contribution in [0.2, 0.25) is 0 Å². The average molecular weight is 265 g/mol. The summed E-state index contributed by atoms with van der Waals surface area (Å²) < 4.78 is 1.87. The van der Waals surface area contributed by atoms with E-state index in [1.165, 1.54) is 6.42 Å². The van der Waals surface area contributed by atoms with Crippen molar-refractivity contribution < 1.29 is 0 Å². The molecule has 96 valence electrons. The number of hydrogen-bond donors (Lipinski definition) is 0. The summed E-state index contributed by atoms with van der Waals surface area (Å²) in [5.41, 5.74) is 2.14. The van der Waals surface area contributed by atoms with Gasteiger partial charge >= 0.3 is 0 Å². The summed E-state index contributed by atoms with van der Waals surface area (Å²) in [5, 5.41) is 0.751. The van der Waals surface area contributed by atoms with Gasteiger partial charge in [-0.05, 0) is 37.5 Å². The second kappa shape index (κ2) is 5.11. The fraction of sp³-hybridized carbons (Fsp3) is 0.429. The van der Waals surface area contributed by atoms with Gasteiger partial charge in [0.25, 0.3) is 5.56 Å². The van der Waals surface area contributed by atoms with Gasteiger partial charge in [-0.1, -0.05) is 12.5 Å². The van der Waals surface area contributed by atoms with Crippen LogP contribution in [0.3, 0.4) is 0 Å². The van der Waals surface area contributed by atoms with Crippen LogP contribution < -0.4 is 5.56 Å². The van der Waals surface area contributed by atoms with E-state index in [1.54, 1.807) is 0 Å². The highest BCUT2D eigenvalue weighted by Gasteiger charge is 2.13. The summed E-state index contributed by atoms with van der Waals surface area (Å²) in [6, 6.07) is 5.88. The molecule has 1 aromatic carbocycles. The zero-order valence-electron chi connectivity index (χ0n) is 10.5. The maximum Gasteiger partial charge on any atom is 0.261 e. The van der Waals surface area contributed by atoms with Crippen LogP contribution in [0.25, 0.3) is 10.9 Å². The van der Waals surface area contributed by atoms with Gasteiger partial charge in [0.2, 0.25) is 0 Å². The first-order valence-electron chi connectivity index (χ1n) is 6.26. The van der Waals surface area contributed by atoms with E-state index < -0.39 is 0 Å². The van der Waals surface area contributed by atoms with Gasteiger partial charge in [0.15, 0.2) is 0 Å². The molecular weight excluding hydrogens is 248 g/mol. The van der Waals surface area contributed by atoms with Gasteiger partial charge in [-0.3, -0.25) is 9.36 Å². The van der Waals surface area contributed by atoms with Gasteiger partial charge < -0.3 is 0 Å². The maximum atomic E-state index is 12.4. The zero-order valence-corrected chi connectivity index (χ0v) is 11.3. The molecule has 0 spiro atoms. The molecule has 0 amide bonds. The van der Waals surface area contributed by atoms with Gasteiger partial charge in [0.05, 0.1) is 10.9 Å². The van der Waals surface area contributed by atoms with Gasteiger partial charge in [0.1, 0.15) is 5.82 Å². The number of rotatable bonds is 0. The van der Waals surface area contributed by atoms with E-state index in [2.05, 4.69) is 4.98 Å². The zero-order chi connectivity index (χ0) is 11.8. The molecule has 1 aliphatic rings. The Kier molecular flexibility index (Phi) is 3.71. The number of fused-ring (bicyclic) bond motifs is 2. The Balaban J connectivity index is 0.00000120. The smallest absolute Gasteiger partial charge is 0.261 e. The van der Waals surface area contributed by atoms with Crippen molar-refractivity contribution in [3.05, 3.63) is 39.9 Å². The van der Waals surface area contributed by atoms with Crippen LogP contribution in [0, 0.1) is 6.92 Å². The number of benzene rings is 1. The second-order valence-corrected chi connectivity index (χ2v) is 4.82. The SMILES string of the molecule is Cc1ccc2c(=O)n3c(nc2c1)CCCCC3.Cl. The van der Waals surface area contributed by atoms with Crippen molar-refractivity contribution in [1.29, 1.82) is 0 Å². The highest BCUT2D eigenvalue weighted by atomic mass is 35.5. The Bertz CT molecular complexity index is 633. The first kappa shape index (κ1) is 13.1. The first-order chi connectivity index (χ1) is 8.25. The lowest BCUT2D eigenvalue weighted by Crippen LogP contribution is -2.24. The Hall–Kier alpha value is -1.35. The standard InChI is InChI=1S/C14H16N2O.ClH/c1-10-6-7-11-12(9-10)15-13-5-3-2-4-8-16(13)14(11)17;/h6-7,9H,2-5,8H2,1H3;1H. The first-order valence-corrected chi connectivity index (χ1v) is 6.26. The molecule has 2 heterocycles.